The van der Waals surface area contributed by atoms with Crippen LogP contribution >= 0.6 is 0 Å². The molecule has 2 aliphatic heterocycles. The van der Waals surface area contributed by atoms with Crippen LogP contribution in [-0.4, -0.2) is 35.7 Å². The fourth-order valence-electron chi connectivity index (χ4n) is 4.69. The number of anilines is 2. The van der Waals surface area contributed by atoms with E-state index in [9.17, 15) is 18.0 Å². The maximum absolute atomic E-state index is 13.5. The maximum atomic E-state index is 13.5. The standard InChI is InChI=1S/C24H28F3N3O2/c25-24(26,27)20-8-4-17(15-22(31)32)14-21(20)30-12-9-16(10-13-30)3-6-19-7-5-18-2-1-11-28-23(18)29-19/h4-5,7-8,14,16H,1-3,6,9-13,15H2,(H,28,29)(H,31,32). The number of carboxylic acid groups (broad SMARTS) is 1. The van der Waals surface area contributed by atoms with Crippen molar-refractivity contribution in [3.05, 3.63) is 52.7 Å². The van der Waals surface area contributed by atoms with Gasteiger partial charge in [-0.1, -0.05) is 12.1 Å². The van der Waals surface area contributed by atoms with E-state index in [4.69, 9.17) is 10.1 Å². The molecule has 0 saturated carbocycles. The summed E-state index contributed by atoms with van der Waals surface area (Å²) < 4.78 is 40.6. The van der Waals surface area contributed by atoms with E-state index in [-0.39, 0.29) is 12.1 Å². The summed E-state index contributed by atoms with van der Waals surface area (Å²) in [7, 11) is 0. The molecule has 0 amide bonds. The molecule has 172 valence electrons. The SMILES string of the molecule is O=C(O)Cc1ccc(C(F)(F)F)c(N2CCC(CCc3ccc4c(n3)NCCC4)CC2)c1. The van der Waals surface area contributed by atoms with E-state index in [0.29, 0.717) is 24.6 Å². The topological polar surface area (TPSA) is 65.5 Å². The van der Waals surface area contributed by atoms with Gasteiger partial charge in [0.2, 0.25) is 0 Å². The van der Waals surface area contributed by atoms with Crippen LogP contribution in [0.4, 0.5) is 24.7 Å². The predicted octanol–water partition coefficient (Wildman–Crippen LogP) is 4.93. The third kappa shape index (κ3) is 5.34. The first kappa shape index (κ1) is 22.4. The largest absolute Gasteiger partial charge is 0.481 e. The van der Waals surface area contributed by atoms with Gasteiger partial charge >= 0.3 is 12.1 Å². The zero-order valence-electron chi connectivity index (χ0n) is 17.9. The van der Waals surface area contributed by atoms with Crippen molar-refractivity contribution in [2.75, 3.05) is 29.9 Å². The Bertz CT molecular complexity index is 969. The molecule has 1 saturated heterocycles. The van der Waals surface area contributed by atoms with Crippen LogP contribution < -0.4 is 10.2 Å². The van der Waals surface area contributed by atoms with Crippen LogP contribution in [0.3, 0.4) is 0 Å². The van der Waals surface area contributed by atoms with Crippen LogP contribution in [0.1, 0.15) is 48.1 Å². The fourth-order valence-corrected chi connectivity index (χ4v) is 4.69. The lowest BCUT2D eigenvalue weighted by Gasteiger charge is -2.35. The second-order valence-corrected chi connectivity index (χ2v) is 8.73. The molecule has 4 rings (SSSR count). The van der Waals surface area contributed by atoms with Crippen molar-refractivity contribution in [1.29, 1.82) is 0 Å². The number of carboxylic acids is 1. The molecular weight excluding hydrogens is 419 g/mol. The highest BCUT2D eigenvalue weighted by Crippen LogP contribution is 2.39. The van der Waals surface area contributed by atoms with Gasteiger partial charge in [-0.3, -0.25) is 4.79 Å². The number of aliphatic carboxylic acids is 1. The molecule has 8 heteroatoms. The number of carbonyl (C=O) groups is 1. The van der Waals surface area contributed by atoms with Crippen LogP contribution in [0, 0.1) is 5.92 Å². The van der Waals surface area contributed by atoms with Gasteiger partial charge in [0.1, 0.15) is 5.82 Å². The predicted molar refractivity (Wildman–Crippen MR) is 117 cm³/mol. The number of nitrogens with one attached hydrogen (secondary N) is 1. The lowest BCUT2D eigenvalue weighted by molar-refractivity contribution is -0.137. The molecule has 0 unspecified atom stereocenters. The number of piperidine rings is 1. The molecule has 1 fully saturated rings. The van der Waals surface area contributed by atoms with Crippen molar-refractivity contribution in [2.45, 2.75) is 51.1 Å². The van der Waals surface area contributed by atoms with E-state index >= 15 is 0 Å². The molecule has 3 heterocycles. The first-order valence-corrected chi connectivity index (χ1v) is 11.2. The normalized spacial score (nSPS) is 17.0. The number of nitrogens with zero attached hydrogens (tertiary/aromatic N) is 2. The van der Waals surface area contributed by atoms with Crippen molar-refractivity contribution in [1.82, 2.24) is 4.98 Å². The summed E-state index contributed by atoms with van der Waals surface area (Å²) in [5.41, 5.74) is 2.10. The summed E-state index contributed by atoms with van der Waals surface area (Å²) in [6, 6.07) is 7.89. The lowest BCUT2D eigenvalue weighted by atomic mass is 9.90. The van der Waals surface area contributed by atoms with Crippen molar-refractivity contribution in [3.8, 4) is 0 Å². The Hall–Kier alpha value is -2.77. The minimum atomic E-state index is -4.47. The van der Waals surface area contributed by atoms with Crippen molar-refractivity contribution in [3.63, 3.8) is 0 Å². The molecule has 0 bridgehead atoms. The summed E-state index contributed by atoms with van der Waals surface area (Å²) in [6.45, 7) is 2.02. The first-order valence-electron chi connectivity index (χ1n) is 11.2. The Morgan fingerprint density at radius 2 is 1.97 bits per heavy atom. The summed E-state index contributed by atoms with van der Waals surface area (Å²) >= 11 is 0. The molecule has 0 atom stereocenters. The Kier molecular flexibility index (Phi) is 6.58. The van der Waals surface area contributed by atoms with E-state index in [1.54, 1.807) is 4.90 Å². The summed E-state index contributed by atoms with van der Waals surface area (Å²) in [5, 5.41) is 12.4. The van der Waals surface area contributed by atoms with Crippen molar-refractivity contribution >= 4 is 17.5 Å². The number of aromatic nitrogens is 1. The molecular formula is C24H28F3N3O2. The van der Waals surface area contributed by atoms with Crippen molar-refractivity contribution < 1.29 is 23.1 Å². The minimum Gasteiger partial charge on any atom is -0.481 e. The van der Waals surface area contributed by atoms with Gasteiger partial charge < -0.3 is 15.3 Å². The first-order chi connectivity index (χ1) is 15.3. The third-order valence-electron chi connectivity index (χ3n) is 6.44. The molecule has 32 heavy (non-hydrogen) atoms. The minimum absolute atomic E-state index is 0.0946. The average molecular weight is 448 g/mol. The number of aryl methyl sites for hydroxylation is 2. The van der Waals surface area contributed by atoms with Crippen LogP contribution in [0.15, 0.2) is 30.3 Å². The van der Waals surface area contributed by atoms with E-state index in [1.165, 1.54) is 17.7 Å². The van der Waals surface area contributed by atoms with Gasteiger partial charge in [0.05, 0.1) is 12.0 Å². The number of hydrogen-bond donors (Lipinski definition) is 2. The smallest absolute Gasteiger partial charge is 0.418 e. The zero-order valence-corrected chi connectivity index (χ0v) is 17.9. The Morgan fingerprint density at radius 3 is 2.69 bits per heavy atom. The quantitative estimate of drug-likeness (QED) is 0.657. The maximum Gasteiger partial charge on any atom is 0.418 e. The molecule has 2 aliphatic rings. The third-order valence-corrected chi connectivity index (χ3v) is 6.44. The molecule has 1 aromatic heterocycles. The molecule has 0 aliphatic carbocycles. The van der Waals surface area contributed by atoms with E-state index in [2.05, 4.69) is 17.4 Å². The van der Waals surface area contributed by atoms with Gasteiger partial charge in [0.25, 0.3) is 0 Å². The number of alkyl halides is 3. The Balaban J connectivity index is 1.38. The van der Waals surface area contributed by atoms with Crippen molar-refractivity contribution in [2.24, 2.45) is 5.92 Å². The van der Waals surface area contributed by atoms with E-state index in [0.717, 1.165) is 62.6 Å². The summed E-state index contributed by atoms with van der Waals surface area (Å²) in [5.74, 6) is 0.374. The van der Waals surface area contributed by atoms with E-state index < -0.39 is 17.7 Å². The molecule has 2 aromatic rings. The van der Waals surface area contributed by atoms with Gasteiger partial charge in [-0.2, -0.15) is 13.2 Å². The molecule has 0 radical (unpaired) electrons. The molecule has 0 spiro atoms. The van der Waals surface area contributed by atoms with Crippen LogP contribution in [0.5, 0.6) is 0 Å². The fraction of sp³-hybridized carbons (Fsp3) is 0.500. The van der Waals surface area contributed by atoms with Crippen LogP contribution in [0.2, 0.25) is 0 Å². The number of halogens is 3. The van der Waals surface area contributed by atoms with E-state index in [1.807, 2.05) is 0 Å². The highest BCUT2D eigenvalue weighted by molar-refractivity contribution is 5.71. The lowest BCUT2D eigenvalue weighted by Crippen LogP contribution is -2.35. The zero-order chi connectivity index (χ0) is 22.7. The highest BCUT2D eigenvalue weighted by atomic mass is 19.4. The Labute approximate surface area is 185 Å². The van der Waals surface area contributed by atoms with Gasteiger partial charge in [-0.15, -0.1) is 0 Å². The summed E-state index contributed by atoms with van der Waals surface area (Å²) in [6.07, 6.45) is 0.869. The monoisotopic (exact) mass is 447 g/mol. The second-order valence-electron chi connectivity index (χ2n) is 8.73. The average Bonchev–Trinajstić information content (AvgIpc) is 2.77. The molecule has 5 nitrogen and oxygen atoms in total. The van der Waals surface area contributed by atoms with Gasteiger partial charge in [-0.05, 0) is 73.8 Å². The molecule has 1 aromatic carbocycles. The van der Waals surface area contributed by atoms with Gasteiger partial charge in [0.15, 0.2) is 0 Å². The van der Waals surface area contributed by atoms with Gasteiger partial charge in [-0.25, -0.2) is 4.98 Å². The highest BCUT2D eigenvalue weighted by Gasteiger charge is 2.35. The number of fused-ring (bicyclic) bond motifs is 1. The number of hydrogen-bond acceptors (Lipinski definition) is 4. The second kappa shape index (κ2) is 9.38. The summed E-state index contributed by atoms with van der Waals surface area (Å²) in [4.78, 5) is 17.5. The van der Waals surface area contributed by atoms with Crippen LogP contribution in [0.25, 0.3) is 0 Å². The number of rotatable bonds is 6. The van der Waals surface area contributed by atoms with Crippen LogP contribution in [-0.2, 0) is 30.2 Å². The number of benzene rings is 1. The molecule has 2 N–H and O–H groups in total. The Morgan fingerprint density at radius 1 is 1.19 bits per heavy atom. The van der Waals surface area contributed by atoms with Gasteiger partial charge in [0, 0.05) is 31.0 Å². The number of pyridine rings is 1.